The Labute approximate surface area is 116 Å². The smallest absolute Gasteiger partial charge is 0.264 e. The van der Waals surface area contributed by atoms with Crippen molar-refractivity contribution in [3.8, 4) is 0 Å². The Kier molecular flexibility index (Phi) is 5.46. The molecular weight excluding hydrogens is 322 g/mol. The summed E-state index contributed by atoms with van der Waals surface area (Å²) in [5, 5.41) is 0. The molecule has 1 aliphatic rings. The molecule has 0 atom stereocenters. The highest BCUT2D eigenvalue weighted by Gasteiger charge is 2.47. The predicted octanol–water partition coefficient (Wildman–Crippen LogP) is 0.122. The van der Waals surface area contributed by atoms with Crippen LogP contribution in [0.1, 0.15) is 12.8 Å². The largest absolute Gasteiger partial charge is 0.370 e. The van der Waals surface area contributed by atoms with E-state index in [9.17, 15) is 25.6 Å². The van der Waals surface area contributed by atoms with Crippen molar-refractivity contribution in [3.05, 3.63) is 0 Å². The van der Waals surface area contributed by atoms with E-state index >= 15 is 0 Å². The Morgan fingerprint density at radius 2 is 1.45 bits per heavy atom. The summed E-state index contributed by atoms with van der Waals surface area (Å²) in [6.45, 7) is -1.01. The van der Waals surface area contributed by atoms with Crippen LogP contribution in [0, 0.1) is 0 Å². The van der Waals surface area contributed by atoms with E-state index in [1.54, 1.807) is 0 Å². The zero-order valence-electron chi connectivity index (χ0n) is 10.9. The molecule has 1 fully saturated rings. The maximum atomic E-state index is 12.7. The zero-order valence-corrected chi connectivity index (χ0v) is 12.5. The molecule has 0 radical (unpaired) electrons. The van der Waals surface area contributed by atoms with Gasteiger partial charge in [-0.15, -0.1) is 0 Å². The van der Waals surface area contributed by atoms with Crippen molar-refractivity contribution in [2.75, 3.05) is 25.7 Å². The summed E-state index contributed by atoms with van der Waals surface area (Å²) < 4.78 is 82.8. The third kappa shape index (κ3) is 7.43. The van der Waals surface area contributed by atoms with Gasteiger partial charge in [0, 0.05) is 12.8 Å². The first kappa shape index (κ1) is 17.7. The monoisotopic (exact) mass is 338 g/mol. The van der Waals surface area contributed by atoms with Crippen LogP contribution < -0.4 is 0 Å². The molecule has 0 aromatic carbocycles. The van der Waals surface area contributed by atoms with Crippen molar-refractivity contribution in [1.82, 2.24) is 0 Å². The summed E-state index contributed by atoms with van der Waals surface area (Å²) in [7, 11) is -7.51. The average molecular weight is 338 g/mol. The minimum absolute atomic E-state index is 0.499. The van der Waals surface area contributed by atoms with E-state index in [1.165, 1.54) is 0 Å². The van der Waals surface area contributed by atoms with Crippen molar-refractivity contribution in [3.63, 3.8) is 0 Å². The molecule has 120 valence electrons. The number of hydrogen-bond acceptors (Lipinski definition) is 7. The molecule has 0 saturated heterocycles. The van der Waals surface area contributed by atoms with Crippen molar-refractivity contribution in [2.45, 2.75) is 31.0 Å². The molecular formula is C9H16F2O7S2. The Balaban J connectivity index is 2.50. The van der Waals surface area contributed by atoms with Crippen molar-refractivity contribution in [2.24, 2.45) is 0 Å². The molecule has 0 aromatic heterocycles. The second kappa shape index (κ2) is 6.18. The summed E-state index contributed by atoms with van der Waals surface area (Å²) in [5.41, 5.74) is 0. The first-order valence-electron chi connectivity index (χ1n) is 5.58. The predicted molar refractivity (Wildman–Crippen MR) is 64.4 cm³/mol. The lowest BCUT2D eigenvalue weighted by Gasteiger charge is -2.36. The first-order valence-corrected chi connectivity index (χ1v) is 9.22. The van der Waals surface area contributed by atoms with Gasteiger partial charge in [-0.1, -0.05) is 0 Å². The summed E-state index contributed by atoms with van der Waals surface area (Å²) in [6.07, 6.45) is -1.23. The van der Waals surface area contributed by atoms with E-state index in [-0.39, 0.29) is 0 Å². The molecule has 20 heavy (non-hydrogen) atoms. The highest BCUT2D eigenvalue weighted by atomic mass is 32.2. The second-order valence-electron chi connectivity index (χ2n) is 4.62. The van der Waals surface area contributed by atoms with E-state index in [0.717, 1.165) is 12.5 Å². The number of hydrogen-bond donors (Lipinski definition) is 0. The Bertz CT molecular complexity index is 484. The van der Waals surface area contributed by atoms with Crippen LogP contribution in [0.2, 0.25) is 0 Å². The van der Waals surface area contributed by atoms with Gasteiger partial charge in [0.2, 0.25) is 0 Å². The molecule has 0 heterocycles. The van der Waals surface area contributed by atoms with Gasteiger partial charge in [-0.05, 0) is 0 Å². The fraction of sp³-hybridized carbons (Fsp3) is 1.00. The van der Waals surface area contributed by atoms with Crippen LogP contribution in [0.3, 0.4) is 0 Å². The highest BCUT2D eigenvalue weighted by Crippen LogP contribution is 2.39. The van der Waals surface area contributed by atoms with Gasteiger partial charge in [-0.3, -0.25) is 8.37 Å². The van der Waals surface area contributed by atoms with E-state index in [2.05, 4.69) is 8.37 Å². The molecule has 1 rings (SSSR count). The van der Waals surface area contributed by atoms with Gasteiger partial charge in [0.1, 0.15) is 6.10 Å². The van der Waals surface area contributed by atoms with Gasteiger partial charge in [0.25, 0.3) is 26.2 Å². The molecule has 0 N–H and O–H groups in total. The van der Waals surface area contributed by atoms with Crippen LogP contribution in [0.15, 0.2) is 0 Å². The molecule has 0 spiro atoms. The van der Waals surface area contributed by atoms with E-state index < -0.39 is 64.4 Å². The molecule has 11 heteroatoms. The van der Waals surface area contributed by atoms with Gasteiger partial charge in [0.05, 0.1) is 31.8 Å². The van der Waals surface area contributed by atoms with E-state index in [1.807, 2.05) is 0 Å². The third-order valence-electron chi connectivity index (χ3n) is 2.37. The summed E-state index contributed by atoms with van der Waals surface area (Å²) >= 11 is 0. The molecule has 1 saturated carbocycles. The molecule has 0 aromatic rings. The van der Waals surface area contributed by atoms with Crippen LogP contribution in [0.4, 0.5) is 8.78 Å². The van der Waals surface area contributed by atoms with Crippen molar-refractivity contribution in [1.29, 1.82) is 0 Å². The topological polar surface area (TPSA) is 96.0 Å². The van der Waals surface area contributed by atoms with Gasteiger partial charge < -0.3 is 4.74 Å². The molecule has 7 nitrogen and oxygen atoms in total. The second-order valence-corrected chi connectivity index (χ2v) is 7.91. The lowest BCUT2D eigenvalue weighted by atomic mass is 9.91. The Morgan fingerprint density at radius 1 is 1.05 bits per heavy atom. The number of rotatable bonds is 8. The standard InChI is InChI=1S/C9H16F2O7S2/c1-19(12,13)16-5-8(6-17-20(2,14)15)18-7-3-9(10,11)4-7/h7-8H,3-6H2,1-2H3. The third-order valence-corrected chi connectivity index (χ3v) is 3.50. The van der Waals surface area contributed by atoms with Crippen LogP contribution >= 0.6 is 0 Å². The molecule has 0 bridgehead atoms. The molecule has 0 aliphatic heterocycles. The van der Waals surface area contributed by atoms with Gasteiger partial charge >= 0.3 is 0 Å². The average Bonchev–Trinajstić information content (AvgIpc) is 2.16. The minimum Gasteiger partial charge on any atom is -0.370 e. The highest BCUT2D eigenvalue weighted by molar-refractivity contribution is 7.86. The maximum absolute atomic E-state index is 12.7. The number of ether oxygens (including phenoxy) is 1. The first-order chi connectivity index (χ1) is 8.86. The number of alkyl halides is 2. The minimum atomic E-state index is -3.75. The Morgan fingerprint density at radius 3 is 1.75 bits per heavy atom. The molecule has 1 aliphatic carbocycles. The Hall–Kier alpha value is -0.360. The fourth-order valence-electron chi connectivity index (χ4n) is 1.50. The quantitative estimate of drug-likeness (QED) is 0.580. The number of halogens is 2. The lowest BCUT2D eigenvalue weighted by molar-refractivity contribution is -0.189. The maximum Gasteiger partial charge on any atom is 0.264 e. The summed E-state index contributed by atoms with van der Waals surface area (Å²) in [4.78, 5) is 0. The SMILES string of the molecule is CS(=O)(=O)OCC(COS(C)(=O)=O)OC1CC(F)(F)C1. The molecule has 0 amide bonds. The van der Waals surface area contributed by atoms with Crippen molar-refractivity contribution >= 4 is 20.2 Å². The van der Waals surface area contributed by atoms with E-state index in [0.29, 0.717) is 0 Å². The fourth-order valence-corrected chi connectivity index (χ4v) is 2.30. The zero-order chi connectivity index (χ0) is 15.6. The summed E-state index contributed by atoms with van der Waals surface area (Å²) in [6, 6.07) is 0. The van der Waals surface area contributed by atoms with Gasteiger partial charge in [-0.2, -0.15) is 16.8 Å². The molecule has 0 unspecified atom stereocenters. The van der Waals surface area contributed by atoms with Crippen LogP contribution in [-0.2, 0) is 33.3 Å². The van der Waals surface area contributed by atoms with Crippen LogP contribution in [0.25, 0.3) is 0 Å². The van der Waals surface area contributed by atoms with Crippen LogP contribution in [-0.4, -0.2) is 60.7 Å². The van der Waals surface area contributed by atoms with Crippen molar-refractivity contribution < 1.29 is 38.7 Å². The van der Waals surface area contributed by atoms with E-state index in [4.69, 9.17) is 4.74 Å². The van der Waals surface area contributed by atoms with Gasteiger partial charge in [-0.25, -0.2) is 8.78 Å². The lowest BCUT2D eigenvalue weighted by Crippen LogP contribution is -2.45. The van der Waals surface area contributed by atoms with Crippen LogP contribution in [0.5, 0.6) is 0 Å². The van der Waals surface area contributed by atoms with Gasteiger partial charge in [0.15, 0.2) is 0 Å². The normalized spacial score (nSPS) is 20.1. The summed E-state index contributed by atoms with van der Waals surface area (Å²) in [5.74, 6) is -2.80.